The number of methoxy groups -OCH3 is 2. The summed E-state index contributed by atoms with van der Waals surface area (Å²) < 4.78 is 22.4. The number of allylic oxidation sites excluding steroid dienone is 1. The number of benzene rings is 3. The Morgan fingerprint density at radius 1 is 0.931 bits per heavy atom. The maximum absolute atomic E-state index is 12.7. The van der Waals surface area contributed by atoms with E-state index in [1.165, 1.54) is 0 Å². The number of carbonyl (C=O) groups excluding carboxylic acids is 1. The average Bonchev–Trinajstić information content (AvgIpc) is 3.07. The van der Waals surface area contributed by atoms with Crippen LogP contribution in [0.3, 0.4) is 0 Å². The van der Waals surface area contributed by atoms with Crippen LogP contribution in [-0.4, -0.2) is 20.0 Å². The summed E-state index contributed by atoms with van der Waals surface area (Å²) in [5.74, 6) is 2.30. The molecule has 1 aliphatic heterocycles. The van der Waals surface area contributed by atoms with Gasteiger partial charge in [0.2, 0.25) is 5.78 Å². The van der Waals surface area contributed by atoms with Gasteiger partial charge in [0.1, 0.15) is 18.1 Å². The minimum absolute atomic E-state index is 0.181. The third-order valence-electron chi connectivity index (χ3n) is 4.61. The van der Waals surface area contributed by atoms with Gasteiger partial charge in [-0.2, -0.15) is 0 Å². The molecule has 0 saturated carbocycles. The molecule has 0 spiro atoms. The number of ether oxygens (including phenoxy) is 4. The molecule has 5 nitrogen and oxygen atoms in total. The highest BCUT2D eigenvalue weighted by molar-refractivity contribution is 6.14. The Hall–Kier alpha value is -3.73. The number of hydrogen-bond acceptors (Lipinski definition) is 5. The smallest absolute Gasteiger partial charge is 0.231 e. The van der Waals surface area contributed by atoms with Gasteiger partial charge in [-0.05, 0) is 29.8 Å². The fraction of sp³-hybridized carbons (Fsp3) is 0.125. The predicted octanol–water partition coefficient (Wildman–Crippen LogP) is 4.90. The van der Waals surface area contributed by atoms with E-state index in [9.17, 15) is 4.79 Å². The van der Waals surface area contributed by atoms with Crippen LogP contribution in [0.4, 0.5) is 0 Å². The summed E-state index contributed by atoms with van der Waals surface area (Å²) in [6, 6.07) is 20.6. The summed E-state index contributed by atoms with van der Waals surface area (Å²) in [6.45, 7) is 0.442. The number of hydrogen-bond donors (Lipinski definition) is 0. The highest BCUT2D eigenvalue weighted by atomic mass is 16.5. The van der Waals surface area contributed by atoms with E-state index in [4.69, 9.17) is 18.9 Å². The molecule has 29 heavy (non-hydrogen) atoms. The fourth-order valence-corrected chi connectivity index (χ4v) is 3.16. The van der Waals surface area contributed by atoms with Crippen LogP contribution in [0.5, 0.6) is 23.0 Å². The third kappa shape index (κ3) is 3.80. The van der Waals surface area contributed by atoms with E-state index in [0.29, 0.717) is 40.7 Å². The second kappa shape index (κ2) is 8.10. The molecule has 0 saturated heterocycles. The minimum atomic E-state index is -0.181. The van der Waals surface area contributed by atoms with Crippen molar-refractivity contribution in [3.63, 3.8) is 0 Å². The summed E-state index contributed by atoms with van der Waals surface area (Å²) in [5.41, 5.74) is 2.27. The van der Waals surface area contributed by atoms with Gasteiger partial charge in [-0.25, -0.2) is 0 Å². The zero-order chi connectivity index (χ0) is 20.2. The van der Waals surface area contributed by atoms with Gasteiger partial charge in [0.25, 0.3) is 0 Å². The van der Waals surface area contributed by atoms with Crippen molar-refractivity contribution in [1.82, 2.24) is 0 Å². The van der Waals surface area contributed by atoms with Gasteiger partial charge in [-0.1, -0.05) is 42.5 Å². The third-order valence-corrected chi connectivity index (χ3v) is 4.61. The molecule has 3 aromatic carbocycles. The van der Waals surface area contributed by atoms with Gasteiger partial charge >= 0.3 is 0 Å². The van der Waals surface area contributed by atoms with E-state index in [1.54, 1.807) is 44.6 Å². The monoisotopic (exact) mass is 388 g/mol. The Labute approximate surface area is 169 Å². The highest BCUT2D eigenvalue weighted by Crippen LogP contribution is 2.37. The first kappa shape index (κ1) is 18.6. The zero-order valence-corrected chi connectivity index (χ0v) is 16.2. The lowest BCUT2D eigenvalue weighted by Crippen LogP contribution is -1.99. The topological polar surface area (TPSA) is 54.0 Å². The molecule has 0 bridgehead atoms. The Balaban J connectivity index is 1.56. The van der Waals surface area contributed by atoms with Crippen LogP contribution < -0.4 is 18.9 Å². The van der Waals surface area contributed by atoms with Crippen molar-refractivity contribution in [1.29, 1.82) is 0 Å². The first-order valence-corrected chi connectivity index (χ1v) is 9.15. The van der Waals surface area contributed by atoms with E-state index < -0.39 is 0 Å². The molecule has 0 aromatic heterocycles. The maximum Gasteiger partial charge on any atom is 0.231 e. The lowest BCUT2D eigenvalue weighted by Gasteiger charge is -2.10. The van der Waals surface area contributed by atoms with Crippen LogP contribution >= 0.6 is 0 Å². The minimum Gasteiger partial charge on any atom is -0.493 e. The van der Waals surface area contributed by atoms with Crippen molar-refractivity contribution < 1.29 is 23.7 Å². The molecule has 3 aromatic rings. The van der Waals surface area contributed by atoms with Crippen LogP contribution in [0.15, 0.2) is 72.5 Å². The molecule has 0 radical (unpaired) electrons. The molecule has 4 rings (SSSR count). The van der Waals surface area contributed by atoms with E-state index in [0.717, 1.165) is 5.56 Å². The van der Waals surface area contributed by atoms with Crippen molar-refractivity contribution >= 4 is 11.9 Å². The van der Waals surface area contributed by atoms with Crippen molar-refractivity contribution in [2.24, 2.45) is 0 Å². The average molecular weight is 388 g/mol. The van der Waals surface area contributed by atoms with Gasteiger partial charge in [-0.15, -0.1) is 0 Å². The van der Waals surface area contributed by atoms with E-state index in [1.807, 2.05) is 42.5 Å². The van der Waals surface area contributed by atoms with E-state index >= 15 is 0 Å². The van der Waals surface area contributed by atoms with Gasteiger partial charge in [0.05, 0.1) is 19.8 Å². The van der Waals surface area contributed by atoms with E-state index in [2.05, 4.69) is 0 Å². The van der Waals surface area contributed by atoms with Gasteiger partial charge in [0, 0.05) is 11.6 Å². The molecular weight excluding hydrogens is 368 g/mol. The molecule has 0 atom stereocenters. The molecule has 1 aliphatic rings. The number of para-hydroxylation sites is 1. The lowest BCUT2D eigenvalue weighted by molar-refractivity contribution is 0.101. The quantitative estimate of drug-likeness (QED) is 0.562. The van der Waals surface area contributed by atoms with Crippen LogP contribution in [-0.2, 0) is 6.61 Å². The molecule has 5 heteroatoms. The first-order valence-electron chi connectivity index (χ1n) is 9.15. The standard InChI is InChI=1S/C24H20O5/c1-26-20-10-6-9-17(24(20)27-2)13-22-23(25)19-12-11-18(14-21(19)29-22)28-15-16-7-4-3-5-8-16/h3-14H,15H2,1-2H3. The van der Waals surface area contributed by atoms with Crippen LogP contribution in [0, 0.1) is 0 Å². The molecule has 0 amide bonds. The van der Waals surface area contributed by atoms with Crippen LogP contribution in [0.2, 0.25) is 0 Å². The Morgan fingerprint density at radius 2 is 1.76 bits per heavy atom. The second-order valence-corrected chi connectivity index (χ2v) is 6.45. The first-order chi connectivity index (χ1) is 14.2. The fourth-order valence-electron chi connectivity index (χ4n) is 3.16. The lowest BCUT2D eigenvalue weighted by atomic mass is 10.1. The van der Waals surface area contributed by atoms with Gasteiger partial charge < -0.3 is 18.9 Å². The number of ketones is 1. The van der Waals surface area contributed by atoms with Crippen molar-refractivity contribution in [2.45, 2.75) is 6.61 Å². The maximum atomic E-state index is 12.7. The Morgan fingerprint density at radius 3 is 2.52 bits per heavy atom. The number of fused-ring (bicyclic) bond motifs is 1. The number of rotatable bonds is 6. The second-order valence-electron chi connectivity index (χ2n) is 6.45. The highest BCUT2D eigenvalue weighted by Gasteiger charge is 2.28. The van der Waals surface area contributed by atoms with Gasteiger partial charge in [0.15, 0.2) is 17.3 Å². The summed E-state index contributed by atoms with van der Waals surface area (Å²) in [6.07, 6.45) is 1.66. The SMILES string of the molecule is COc1cccc(C=C2Oc3cc(OCc4ccccc4)ccc3C2=O)c1OC. The molecule has 0 aliphatic carbocycles. The molecule has 1 heterocycles. The molecule has 0 fully saturated rings. The zero-order valence-electron chi connectivity index (χ0n) is 16.2. The summed E-state index contributed by atoms with van der Waals surface area (Å²) in [5, 5.41) is 0. The number of carbonyl (C=O) groups is 1. The van der Waals surface area contributed by atoms with E-state index in [-0.39, 0.29) is 11.5 Å². The molecular formula is C24H20O5. The summed E-state index contributed by atoms with van der Waals surface area (Å²) in [7, 11) is 3.13. The molecule has 146 valence electrons. The predicted molar refractivity (Wildman–Crippen MR) is 110 cm³/mol. The summed E-state index contributed by atoms with van der Waals surface area (Å²) >= 11 is 0. The van der Waals surface area contributed by atoms with Crippen LogP contribution in [0.25, 0.3) is 6.08 Å². The van der Waals surface area contributed by atoms with Gasteiger partial charge in [-0.3, -0.25) is 4.79 Å². The normalized spacial score (nSPS) is 13.7. The largest absolute Gasteiger partial charge is 0.493 e. The van der Waals surface area contributed by atoms with Crippen molar-refractivity contribution in [2.75, 3.05) is 14.2 Å². The van der Waals surface area contributed by atoms with Crippen molar-refractivity contribution in [3.8, 4) is 23.0 Å². The van der Waals surface area contributed by atoms with Crippen LogP contribution in [0.1, 0.15) is 21.5 Å². The summed E-state index contributed by atoms with van der Waals surface area (Å²) in [4.78, 5) is 12.7. The molecule has 0 N–H and O–H groups in total. The Kier molecular flexibility index (Phi) is 5.20. The number of Topliss-reactive ketones (excluding diaryl/α,β-unsaturated/α-hetero) is 1. The van der Waals surface area contributed by atoms with Crippen molar-refractivity contribution in [3.05, 3.63) is 89.2 Å². The Bertz CT molecular complexity index is 1070. The molecule has 0 unspecified atom stereocenters.